The largest absolute Gasteiger partial charge is 0.465 e. The van der Waals surface area contributed by atoms with Crippen molar-refractivity contribution >= 4 is 28.7 Å². The zero-order chi connectivity index (χ0) is 19.6. The number of carbonyl (C=O) groups excluding carboxylic acids is 2. The Balaban J connectivity index is 2.11. The molecule has 0 radical (unpaired) electrons. The highest BCUT2D eigenvalue weighted by atomic mass is 16.5. The fourth-order valence-electron chi connectivity index (χ4n) is 3.64. The summed E-state index contributed by atoms with van der Waals surface area (Å²) in [5, 5.41) is 0.616. The summed E-state index contributed by atoms with van der Waals surface area (Å²) in [7, 11) is 1.74. The van der Waals surface area contributed by atoms with E-state index in [9.17, 15) is 9.59 Å². The molecule has 1 fully saturated rings. The van der Waals surface area contributed by atoms with Crippen LogP contribution in [0.1, 0.15) is 55.6 Å². The predicted molar refractivity (Wildman–Crippen MR) is 103 cm³/mol. The summed E-state index contributed by atoms with van der Waals surface area (Å²) in [6, 6.07) is 5.55. The van der Waals surface area contributed by atoms with Gasteiger partial charge in [-0.3, -0.25) is 9.59 Å². The SMILES string of the molecule is CCCN(C)C(=O)c1nc(N)nc2ccc(C3(C(=O)OCC)CCC3)cc12. The van der Waals surface area contributed by atoms with Crippen LogP contribution >= 0.6 is 0 Å². The van der Waals surface area contributed by atoms with E-state index in [1.807, 2.05) is 26.0 Å². The molecular formula is C20H26N4O3. The number of nitrogens with zero attached hydrogens (tertiary/aromatic N) is 3. The van der Waals surface area contributed by atoms with Gasteiger partial charge in [0.05, 0.1) is 17.5 Å². The second-order valence-electron chi connectivity index (χ2n) is 7.05. The minimum absolute atomic E-state index is 0.0623. The molecule has 0 bridgehead atoms. The zero-order valence-corrected chi connectivity index (χ0v) is 16.1. The number of amides is 1. The molecule has 1 aromatic carbocycles. The summed E-state index contributed by atoms with van der Waals surface area (Å²) in [6.07, 6.45) is 3.30. The lowest BCUT2D eigenvalue weighted by Gasteiger charge is -2.39. The Labute approximate surface area is 158 Å². The van der Waals surface area contributed by atoms with Crippen molar-refractivity contribution in [2.75, 3.05) is 25.9 Å². The van der Waals surface area contributed by atoms with E-state index >= 15 is 0 Å². The van der Waals surface area contributed by atoms with Crippen LogP contribution in [-0.4, -0.2) is 46.9 Å². The van der Waals surface area contributed by atoms with Crippen molar-refractivity contribution in [2.45, 2.75) is 44.9 Å². The van der Waals surface area contributed by atoms with E-state index in [2.05, 4.69) is 9.97 Å². The summed E-state index contributed by atoms with van der Waals surface area (Å²) in [5.41, 5.74) is 6.90. The van der Waals surface area contributed by atoms with E-state index in [1.54, 1.807) is 18.0 Å². The van der Waals surface area contributed by atoms with Crippen LogP contribution in [0.5, 0.6) is 0 Å². The maximum Gasteiger partial charge on any atom is 0.316 e. The van der Waals surface area contributed by atoms with Crippen LogP contribution in [0.4, 0.5) is 5.95 Å². The number of nitrogen functional groups attached to an aromatic ring is 1. The Morgan fingerprint density at radius 2 is 2.00 bits per heavy atom. The molecule has 2 N–H and O–H groups in total. The van der Waals surface area contributed by atoms with E-state index in [4.69, 9.17) is 10.5 Å². The summed E-state index contributed by atoms with van der Waals surface area (Å²) in [6.45, 7) is 4.78. The van der Waals surface area contributed by atoms with Crippen LogP contribution in [0.15, 0.2) is 18.2 Å². The molecule has 1 amide bonds. The van der Waals surface area contributed by atoms with Crippen LogP contribution < -0.4 is 5.73 Å². The molecule has 0 unspecified atom stereocenters. The Hall–Kier alpha value is -2.70. The maximum absolute atomic E-state index is 12.9. The van der Waals surface area contributed by atoms with Gasteiger partial charge in [-0.1, -0.05) is 19.4 Å². The van der Waals surface area contributed by atoms with E-state index in [0.29, 0.717) is 24.1 Å². The van der Waals surface area contributed by atoms with Gasteiger partial charge >= 0.3 is 5.97 Å². The molecule has 1 aliphatic carbocycles. The molecule has 0 spiro atoms. The standard InChI is InChI=1S/C20H26N4O3/c1-4-11-24(3)17(25)16-14-12-13(7-8-15(14)22-19(21)23-16)20(9-6-10-20)18(26)27-5-2/h7-8,12H,4-6,9-11H2,1-3H3,(H2,21,22,23). The summed E-state index contributed by atoms with van der Waals surface area (Å²) in [4.78, 5) is 35.6. The fraction of sp³-hybridized carbons (Fsp3) is 0.500. The molecule has 1 heterocycles. The molecule has 7 nitrogen and oxygen atoms in total. The number of aromatic nitrogens is 2. The second-order valence-corrected chi connectivity index (χ2v) is 7.05. The van der Waals surface area contributed by atoms with Gasteiger partial charge in [-0.2, -0.15) is 0 Å². The number of anilines is 1. The molecular weight excluding hydrogens is 344 g/mol. The van der Waals surface area contributed by atoms with Crippen LogP contribution in [0.3, 0.4) is 0 Å². The molecule has 27 heavy (non-hydrogen) atoms. The second kappa shape index (κ2) is 7.50. The van der Waals surface area contributed by atoms with E-state index < -0.39 is 5.41 Å². The average molecular weight is 370 g/mol. The highest BCUT2D eigenvalue weighted by molar-refractivity contribution is 6.05. The Bertz CT molecular complexity index is 877. The Morgan fingerprint density at radius 1 is 1.26 bits per heavy atom. The minimum Gasteiger partial charge on any atom is -0.465 e. The number of nitrogens with two attached hydrogens (primary N) is 1. The Kier molecular flexibility index (Phi) is 5.30. The van der Waals surface area contributed by atoms with Crippen molar-refractivity contribution in [3.05, 3.63) is 29.5 Å². The number of benzene rings is 1. The average Bonchev–Trinajstić information content (AvgIpc) is 2.60. The molecule has 0 saturated heterocycles. The van der Waals surface area contributed by atoms with E-state index in [1.165, 1.54) is 0 Å². The van der Waals surface area contributed by atoms with Gasteiger partial charge in [-0.15, -0.1) is 0 Å². The summed E-state index contributed by atoms with van der Waals surface area (Å²) < 4.78 is 5.32. The van der Waals surface area contributed by atoms with Crippen molar-refractivity contribution in [1.29, 1.82) is 0 Å². The first-order valence-corrected chi connectivity index (χ1v) is 9.43. The maximum atomic E-state index is 12.9. The Morgan fingerprint density at radius 3 is 2.59 bits per heavy atom. The lowest BCUT2D eigenvalue weighted by Crippen LogP contribution is -2.43. The van der Waals surface area contributed by atoms with Crippen molar-refractivity contribution in [3.8, 4) is 0 Å². The number of esters is 1. The number of ether oxygens (including phenoxy) is 1. The van der Waals surface area contributed by atoms with Crippen LogP contribution in [0.25, 0.3) is 10.9 Å². The molecule has 2 aromatic rings. The molecule has 1 saturated carbocycles. The quantitative estimate of drug-likeness (QED) is 0.785. The molecule has 0 aliphatic heterocycles. The molecule has 144 valence electrons. The first-order valence-electron chi connectivity index (χ1n) is 9.43. The van der Waals surface area contributed by atoms with Gasteiger partial charge in [0, 0.05) is 19.0 Å². The molecule has 0 atom stereocenters. The van der Waals surface area contributed by atoms with Gasteiger partial charge in [-0.05, 0) is 43.9 Å². The minimum atomic E-state index is -0.638. The van der Waals surface area contributed by atoms with Gasteiger partial charge in [0.25, 0.3) is 5.91 Å². The van der Waals surface area contributed by atoms with E-state index in [-0.39, 0.29) is 23.5 Å². The highest BCUT2D eigenvalue weighted by Crippen LogP contribution is 2.45. The molecule has 3 rings (SSSR count). The van der Waals surface area contributed by atoms with E-state index in [0.717, 1.165) is 31.2 Å². The van der Waals surface area contributed by atoms with Gasteiger partial charge < -0.3 is 15.4 Å². The van der Waals surface area contributed by atoms with Crippen LogP contribution in [0.2, 0.25) is 0 Å². The third-order valence-electron chi connectivity index (χ3n) is 5.25. The summed E-state index contributed by atoms with van der Waals surface area (Å²) >= 11 is 0. The lowest BCUT2D eigenvalue weighted by atomic mass is 9.64. The third-order valence-corrected chi connectivity index (χ3v) is 5.25. The van der Waals surface area contributed by atoms with Gasteiger partial charge in [0.2, 0.25) is 5.95 Å². The number of rotatable bonds is 6. The lowest BCUT2D eigenvalue weighted by molar-refractivity contribution is -0.153. The number of hydrogen-bond acceptors (Lipinski definition) is 6. The zero-order valence-electron chi connectivity index (χ0n) is 16.1. The van der Waals surface area contributed by atoms with Crippen molar-refractivity contribution in [2.24, 2.45) is 0 Å². The van der Waals surface area contributed by atoms with Crippen molar-refractivity contribution < 1.29 is 14.3 Å². The van der Waals surface area contributed by atoms with Crippen molar-refractivity contribution in [3.63, 3.8) is 0 Å². The first-order chi connectivity index (χ1) is 12.9. The monoisotopic (exact) mass is 370 g/mol. The topological polar surface area (TPSA) is 98.4 Å². The summed E-state index contributed by atoms with van der Waals surface area (Å²) in [5.74, 6) is -0.345. The van der Waals surface area contributed by atoms with Gasteiger partial charge in [-0.25, -0.2) is 9.97 Å². The molecule has 7 heteroatoms. The number of hydrogen-bond donors (Lipinski definition) is 1. The normalized spacial score (nSPS) is 15.2. The predicted octanol–water partition coefficient (Wildman–Crippen LogP) is 2.68. The highest BCUT2D eigenvalue weighted by Gasteiger charge is 2.47. The number of carbonyl (C=O) groups is 2. The first kappa shape index (κ1) is 19.1. The molecule has 1 aliphatic rings. The number of fused-ring (bicyclic) bond motifs is 1. The van der Waals surface area contributed by atoms with Crippen LogP contribution in [0, 0.1) is 0 Å². The molecule has 1 aromatic heterocycles. The van der Waals surface area contributed by atoms with Crippen LogP contribution in [-0.2, 0) is 14.9 Å². The third kappa shape index (κ3) is 3.34. The van der Waals surface area contributed by atoms with Crippen molar-refractivity contribution in [1.82, 2.24) is 14.9 Å². The smallest absolute Gasteiger partial charge is 0.316 e. The van der Waals surface area contributed by atoms with Gasteiger partial charge in [0.15, 0.2) is 0 Å². The van der Waals surface area contributed by atoms with Gasteiger partial charge in [0.1, 0.15) is 5.69 Å². The fourth-order valence-corrected chi connectivity index (χ4v) is 3.64.